The van der Waals surface area contributed by atoms with E-state index in [-0.39, 0.29) is 17.5 Å². The number of aromatic nitrogens is 2. The monoisotopic (exact) mass is 451 g/mol. The zero-order valence-electron chi connectivity index (χ0n) is 16.7. The molecule has 1 amide bonds. The molecule has 3 aromatic carbocycles. The number of benzene rings is 3. The van der Waals surface area contributed by atoms with Crippen molar-refractivity contribution in [1.29, 1.82) is 0 Å². The highest BCUT2D eigenvalue weighted by Crippen LogP contribution is 2.30. The van der Waals surface area contributed by atoms with E-state index in [9.17, 15) is 9.18 Å². The molecule has 0 bridgehead atoms. The molecule has 1 N–H and O–H groups in total. The zero-order valence-corrected chi connectivity index (χ0v) is 18.3. The summed E-state index contributed by atoms with van der Waals surface area (Å²) in [7, 11) is 0. The molecule has 0 saturated heterocycles. The third-order valence-electron chi connectivity index (χ3n) is 4.60. The van der Waals surface area contributed by atoms with E-state index in [1.807, 2.05) is 35.8 Å². The number of hydrogen-bond donors (Lipinski definition) is 1. The van der Waals surface area contributed by atoms with E-state index in [2.05, 4.69) is 10.3 Å². The number of nitrogens with zero attached hydrogens (tertiary/aromatic N) is 2. The smallest absolute Gasteiger partial charge is 0.234 e. The molecule has 0 radical (unpaired) electrons. The molecule has 7 heteroatoms. The number of imidazole rings is 1. The lowest BCUT2D eigenvalue weighted by molar-refractivity contribution is -0.113. The van der Waals surface area contributed by atoms with Gasteiger partial charge >= 0.3 is 0 Å². The number of thioether (sulfide) groups is 1. The van der Waals surface area contributed by atoms with Gasteiger partial charge in [0.25, 0.3) is 0 Å². The average molecular weight is 452 g/mol. The second-order valence-electron chi connectivity index (χ2n) is 6.95. The average Bonchev–Trinajstić information content (AvgIpc) is 3.17. The molecular weight excluding hydrogens is 433 g/mol. The van der Waals surface area contributed by atoms with Gasteiger partial charge in [-0.3, -0.25) is 9.36 Å². The fourth-order valence-corrected chi connectivity index (χ4v) is 4.08. The summed E-state index contributed by atoms with van der Waals surface area (Å²) in [6.45, 7) is 2.03. The van der Waals surface area contributed by atoms with Crippen molar-refractivity contribution >= 4 is 35.0 Å². The van der Waals surface area contributed by atoms with Crippen LogP contribution in [0.15, 0.2) is 84.1 Å². The molecule has 1 heterocycles. The molecule has 0 unspecified atom stereocenters. The van der Waals surface area contributed by atoms with E-state index in [0.717, 1.165) is 22.5 Å². The maximum atomic E-state index is 13.5. The number of aryl methyl sites for hydroxylation is 1. The van der Waals surface area contributed by atoms with E-state index >= 15 is 0 Å². The number of halogens is 2. The molecule has 0 aliphatic carbocycles. The normalized spacial score (nSPS) is 10.8. The number of amides is 1. The summed E-state index contributed by atoms with van der Waals surface area (Å²) in [6, 6.07) is 21.3. The van der Waals surface area contributed by atoms with Crippen molar-refractivity contribution in [3.8, 4) is 16.9 Å². The summed E-state index contributed by atoms with van der Waals surface area (Å²) in [6.07, 6.45) is 1.77. The Hall–Kier alpha value is -3.09. The fourth-order valence-electron chi connectivity index (χ4n) is 3.10. The highest BCUT2D eigenvalue weighted by molar-refractivity contribution is 7.99. The van der Waals surface area contributed by atoms with Crippen LogP contribution in [0.25, 0.3) is 16.9 Å². The topological polar surface area (TPSA) is 46.9 Å². The predicted molar refractivity (Wildman–Crippen MR) is 125 cm³/mol. The molecule has 0 spiro atoms. The van der Waals surface area contributed by atoms with Crippen LogP contribution in [-0.4, -0.2) is 21.2 Å². The fraction of sp³-hybridized carbons (Fsp3) is 0.0833. The Morgan fingerprint density at radius 1 is 1.10 bits per heavy atom. The first-order valence-corrected chi connectivity index (χ1v) is 10.9. The Balaban J connectivity index is 1.60. The second-order valence-corrected chi connectivity index (χ2v) is 8.33. The standard InChI is InChI=1S/C24H19ClFN3OS/c1-16-5-7-17(8-6-16)22-14-27-24(29(22)21-11-9-19(26)10-12-21)31-15-23(30)28-20-4-2-3-18(25)13-20/h2-14H,15H2,1H3,(H,28,30). The van der Waals surface area contributed by atoms with Gasteiger partial charge in [0.05, 0.1) is 17.6 Å². The van der Waals surface area contributed by atoms with Gasteiger partial charge in [0, 0.05) is 22.0 Å². The number of carbonyl (C=O) groups excluding carboxylic acids is 1. The van der Waals surface area contributed by atoms with Crippen LogP contribution in [0.5, 0.6) is 0 Å². The van der Waals surface area contributed by atoms with E-state index in [1.54, 1.807) is 42.6 Å². The van der Waals surface area contributed by atoms with Crippen molar-refractivity contribution in [3.63, 3.8) is 0 Å². The second kappa shape index (κ2) is 9.37. The maximum absolute atomic E-state index is 13.5. The van der Waals surface area contributed by atoms with Crippen molar-refractivity contribution in [3.05, 3.63) is 95.4 Å². The van der Waals surface area contributed by atoms with Crippen molar-refractivity contribution < 1.29 is 9.18 Å². The van der Waals surface area contributed by atoms with Crippen LogP contribution in [0, 0.1) is 12.7 Å². The summed E-state index contributed by atoms with van der Waals surface area (Å²) in [5.41, 5.74) is 4.42. The lowest BCUT2D eigenvalue weighted by Crippen LogP contribution is -2.14. The zero-order chi connectivity index (χ0) is 21.8. The van der Waals surface area contributed by atoms with Crippen LogP contribution >= 0.6 is 23.4 Å². The largest absolute Gasteiger partial charge is 0.325 e. The summed E-state index contributed by atoms with van der Waals surface area (Å²) in [5.74, 6) is -0.313. The highest BCUT2D eigenvalue weighted by atomic mass is 35.5. The number of nitrogens with one attached hydrogen (secondary N) is 1. The summed E-state index contributed by atoms with van der Waals surface area (Å²) >= 11 is 7.28. The van der Waals surface area contributed by atoms with Crippen molar-refractivity contribution in [2.24, 2.45) is 0 Å². The lowest BCUT2D eigenvalue weighted by atomic mass is 10.1. The Morgan fingerprint density at radius 2 is 1.84 bits per heavy atom. The number of rotatable bonds is 6. The third-order valence-corrected chi connectivity index (χ3v) is 5.79. The van der Waals surface area contributed by atoms with Gasteiger partial charge in [-0.15, -0.1) is 0 Å². The van der Waals surface area contributed by atoms with E-state index in [1.165, 1.54) is 23.9 Å². The van der Waals surface area contributed by atoms with E-state index in [4.69, 9.17) is 11.6 Å². The molecule has 0 saturated carbocycles. The summed E-state index contributed by atoms with van der Waals surface area (Å²) in [4.78, 5) is 17.0. The number of anilines is 1. The quantitative estimate of drug-likeness (QED) is 0.346. The van der Waals surface area contributed by atoms with Gasteiger partial charge in [0.15, 0.2) is 5.16 Å². The SMILES string of the molecule is Cc1ccc(-c2cnc(SCC(=O)Nc3cccc(Cl)c3)n2-c2ccc(F)cc2)cc1. The molecule has 31 heavy (non-hydrogen) atoms. The minimum absolute atomic E-state index is 0.165. The Morgan fingerprint density at radius 3 is 2.55 bits per heavy atom. The van der Waals surface area contributed by atoms with Crippen LogP contribution in [0.3, 0.4) is 0 Å². The van der Waals surface area contributed by atoms with Crippen LogP contribution < -0.4 is 5.32 Å². The molecule has 4 aromatic rings. The molecule has 0 atom stereocenters. The van der Waals surface area contributed by atoms with Gasteiger partial charge in [-0.2, -0.15) is 0 Å². The van der Waals surface area contributed by atoms with Crippen LogP contribution in [0.2, 0.25) is 5.02 Å². The van der Waals surface area contributed by atoms with Gasteiger partial charge < -0.3 is 5.32 Å². The Kier molecular flexibility index (Phi) is 6.39. The van der Waals surface area contributed by atoms with Crippen LogP contribution in [0.4, 0.5) is 10.1 Å². The first-order chi connectivity index (χ1) is 15.0. The summed E-state index contributed by atoms with van der Waals surface area (Å²) < 4.78 is 15.4. The molecule has 0 aliphatic rings. The van der Waals surface area contributed by atoms with Gasteiger partial charge in [0.1, 0.15) is 5.82 Å². The minimum atomic E-state index is -0.309. The number of carbonyl (C=O) groups is 1. The van der Waals surface area contributed by atoms with Crippen molar-refractivity contribution in [2.75, 3.05) is 11.1 Å². The molecule has 1 aromatic heterocycles. The van der Waals surface area contributed by atoms with Gasteiger partial charge in [-0.25, -0.2) is 9.37 Å². The van der Waals surface area contributed by atoms with Crippen LogP contribution in [0.1, 0.15) is 5.56 Å². The Labute approximate surface area is 189 Å². The maximum Gasteiger partial charge on any atom is 0.234 e. The highest BCUT2D eigenvalue weighted by Gasteiger charge is 2.16. The van der Waals surface area contributed by atoms with E-state index < -0.39 is 0 Å². The van der Waals surface area contributed by atoms with Gasteiger partial charge in [-0.1, -0.05) is 59.3 Å². The van der Waals surface area contributed by atoms with E-state index in [0.29, 0.717) is 15.9 Å². The summed E-state index contributed by atoms with van der Waals surface area (Å²) in [5, 5.41) is 4.03. The number of hydrogen-bond acceptors (Lipinski definition) is 3. The molecule has 156 valence electrons. The third kappa shape index (κ3) is 5.16. The van der Waals surface area contributed by atoms with Crippen molar-refractivity contribution in [1.82, 2.24) is 9.55 Å². The van der Waals surface area contributed by atoms with Crippen molar-refractivity contribution in [2.45, 2.75) is 12.1 Å². The van der Waals surface area contributed by atoms with Gasteiger partial charge in [0.2, 0.25) is 5.91 Å². The molecular formula is C24H19ClFN3OS. The first kappa shape index (κ1) is 21.2. The minimum Gasteiger partial charge on any atom is -0.325 e. The predicted octanol–water partition coefficient (Wildman–Crippen LogP) is 6.37. The molecule has 0 aliphatic heterocycles. The first-order valence-electron chi connectivity index (χ1n) is 9.58. The molecule has 4 nitrogen and oxygen atoms in total. The van der Waals surface area contributed by atoms with Gasteiger partial charge in [-0.05, 0) is 49.4 Å². The van der Waals surface area contributed by atoms with Crippen LogP contribution in [-0.2, 0) is 4.79 Å². The molecule has 4 rings (SSSR count). The Bertz CT molecular complexity index is 1210. The molecule has 0 fully saturated rings. The lowest BCUT2D eigenvalue weighted by Gasteiger charge is -2.12.